The molecule has 6 heteroatoms. The number of hydrogen-bond acceptors (Lipinski definition) is 5. The molecule has 1 aromatic heterocycles. The van der Waals surface area contributed by atoms with Crippen LogP contribution in [0.15, 0.2) is 18.2 Å². The Kier molecular flexibility index (Phi) is 3.50. The highest BCUT2D eigenvalue weighted by atomic mass is 32.1. The number of nitrogen functional groups attached to an aromatic ring is 1. The van der Waals surface area contributed by atoms with Crippen LogP contribution in [0.4, 0.5) is 5.69 Å². The highest BCUT2D eigenvalue weighted by Gasteiger charge is 2.24. The highest BCUT2D eigenvalue weighted by molar-refractivity contribution is 7.21. The molecule has 2 aromatic rings. The second-order valence-corrected chi connectivity index (χ2v) is 5.77. The Morgan fingerprint density at radius 2 is 2.15 bits per heavy atom. The molecular weight excluding hydrogens is 274 g/mol. The van der Waals surface area contributed by atoms with Crippen LogP contribution in [0.2, 0.25) is 0 Å². The molecule has 0 atom stereocenters. The van der Waals surface area contributed by atoms with E-state index in [4.69, 9.17) is 10.5 Å². The molecule has 1 aliphatic rings. The number of hydrogen-bond donors (Lipinski definition) is 2. The number of fused-ring (bicyclic) bond motifs is 1. The lowest BCUT2D eigenvalue weighted by Crippen LogP contribution is -2.46. The van der Waals surface area contributed by atoms with Gasteiger partial charge in [-0.25, -0.2) is 0 Å². The number of nitrogens with two attached hydrogens (primary N) is 1. The highest BCUT2D eigenvalue weighted by Crippen LogP contribution is 2.39. The number of carbonyl (C=O) groups excluding carboxylic acids is 1. The Morgan fingerprint density at radius 1 is 1.40 bits per heavy atom. The fourth-order valence-corrected chi connectivity index (χ4v) is 3.59. The number of anilines is 1. The number of amides is 1. The molecule has 1 amide bonds. The van der Waals surface area contributed by atoms with Gasteiger partial charge in [-0.2, -0.15) is 0 Å². The van der Waals surface area contributed by atoms with Gasteiger partial charge in [0.25, 0.3) is 5.91 Å². The van der Waals surface area contributed by atoms with E-state index in [1.165, 1.54) is 11.3 Å². The molecule has 3 N–H and O–H groups in total. The lowest BCUT2D eigenvalue weighted by Gasteiger charge is -2.27. The van der Waals surface area contributed by atoms with Gasteiger partial charge in [0.1, 0.15) is 10.6 Å². The minimum absolute atomic E-state index is 0.0206. The molecule has 0 aliphatic carbocycles. The predicted octanol–water partition coefficient (Wildman–Crippen LogP) is 1.54. The fourth-order valence-electron chi connectivity index (χ4n) is 2.48. The number of thiophene rings is 1. The first-order valence-electron chi connectivity index (χ1n) is 6.57. The van der Waals surface area contributed by atoms with Crippen molar-refractivity contribution in [2.24, 2.45) is 0 Å². The zero-order chi connectivity index (χ0) is 14.1. The molecule has 0 unspecified atom stereocenters. The first kappa shape index (κ1) is 13.2. The van der Waals surface area contributed by atoms with Crippen molar-refractivity contribution in [3.63, 3.8) is 0 Å². The minimum Gasteiger partial charge on any atom is -0.496 e. The van der Waals surface area contributed by atoms with Crippen molar-refractivity contribution < 1.29 is 9.53 Å². The van der Waals surface area contributed by atoms with Gasteiger partial charge in [0, 0.05) is 30.9 Å². The van der Waals surface area contributed by atoms with Gasteiger partial charge in [-0.1, -0.05) is 6.07 Å². The molecule has 0 saturated carbocycles. The van der Waals surface area contributed by atoms with E-state index >= 15 is 0 Å². The van der Waals surface area contributed by atoms with Crippen LogP contribution in [0.25, 0.3) is 10.1 Å². The van der Waals surface area contributed by atoms with Gasteiger partial charge in [-0.3, -0.25) is 4.79 Å². The number of piperazine rings is 1. The van der Waals surface area contributed by atoms with Gasteiger partial charge in [0.2, 0.25) is 0 Å². The molecule has 106 valence electrons. The quantitative estimate of drug-likeness (QED) is 0.880. The molecule has 1 saturated heterocycles. The normalized spacial score (nSPS) is 15.6. The van der Waals surface area contributed by atoms with Crippen LogP contribution < -0.4 is 15.8 Å². The zero-order valence-electron chi connectivity index (χ0n) is 11.3. The predicted molar refractivity (Wildman–Crippen MR) is 81.6 cm³/mol. The molecule has 1 aromatic carbocycles. The van der Waals surface area contributed by atoms with E-state index in [0.717, 1.165) is 42.0 Å². The zero-order valence-corrected chi connectivity index (χ0v) is 12.1. The van der Waals surface area contributed by atoms with Gasteiger partial charge < -0.3 is 20.7 Å². The molecule has 0 bridgehead atoms. The largest absolute Gasteiger partial charge is 0.496 e. The fraction of sp³-hybridized carbons (Fsp3) is 0.357. The SMILES string of the molecule is COc1cccc2sc(C(=O)N3CCNCC3)c(N)c12. The summed E-state index contributed by atoms with van der Waals surface area (Å²) >= 11 is 1.44. The molecule has 5 nitrogen and oxygen atoms in total. The van der Waals surface area contributed by atoms with E-state index in [2.05, 4.69) is 5.32 Å². The molecule has 2 heterocycles. The van der Waals surface area contributed by atoms with Gasteiger partial charge >= 0.3 is 0 Å². The second kappa shape index (κ2) is 5.30. The standard InChI is InChI=1S/C14H17N3O2S/c1-19-9-3-2-4-10-11(9)12(15)13(20-10)14(18)17-7-5-16-6-8-17/h2-4,16H,5-8,15H2,1H3. The number of nitrogens with one attached hydrogen (secondary N) is 1. The van der Waals surface area contributed by atoms with Crippen molar-refractivity contribution in [1.29, 1.82) is 0 Å². The summed E-state index contributed by atoms with van der Waals surface area (Å²) in [6.45, 7) is 3.12. The van der Waals surface area contributed by atoms with Crippen LogP contribution in [-0.4, -0.2) is 44.1 Å². The topological polar surface area (TPSA) is 67.6 Å². The lowest BCUT2D eigenvalue weighted by molar-refractivity contribution is 0.0742. The van der Waals surface area contributed by atoms with Crippen LogP contribution in [0.5, 0.6) is 5.75 Å². The van der Waals surface area contributed by atoms with Crippen LogP contribution in [0.3, 0.4) is 0 Å². The van der Waals surface area contributed by atoms with E-state index in [-0.39, 0.29) is 5.91 Å². The third-order valence-electron chi connectivity index (χ3n) is 3.53. The molecule has 1 aliphatic heterocycles. The van der Waals surface area contributed by atoms with E-state index in [0.29, 0.717) is 10.6 Å². The van der Waals surface area contributed by atoms with Crippen LogP contribution in [0, 0.1) is 0 Å². The average molecular weight is 291 g/mol. The smallest absolute Gasteiger partial charge is 0.266 e. The second-order valence-electron chi connectivity index (χ2n) is 4.72. The first-order chi connectivity index (χ1) is 9.72. The Labute approximate surface area is 121 Å². The molecule has 3 rings (SSSR count). The third-order valence-corrected chi connectivity index (χ3v) is 4.69. The van der Waals surface area contributed by atoms with E-state index in [1.54, 1.807) is 7.11 Å². The molecule has 20 heavy (non-hydrogen) atoms. The van der Waals surface area contributed by atoms with Gasteiger partial charge in [0.05, 0.1) is 18.2 Å². The summed E-state index contributed by atoms with van der Waals surface area (Å²) in [5.74, 6) is 0.739. The van der Waals surface area contributed by atoms with Gasteiger partial charge in [-0.15, -0.1) is 11.3 Å². The summed E-state index contributed by atoms with van der Waals surface area (Å²) in [5.41, 5.74) is 6.72. The number of ether oxygens (including phenoxy) is 1. The summed E-state index contributed by atoms with van der Waals surface area (Å²) < 4.78 is 6.33. The van der Waals surface area contributed by atoms with Gasteiger partial charge in [-0.05, 0) is 12.1 Å². The number of rotatable bonds is 2. The Morgan fingerprint density at radius 3 is 2.85 bits per heavy atom. The number of benzene rings is 1. The van der Waals surface area contributed by atoms with Crippen molar-refractivity contribution in [2.45, 2.75) is 0 Å². The maximum atomic E-state index is 12.6. The van der Waals surface area contributed by atoms with Crippen molar-refractivity contribution in [3.05, 3.63) is 23.1 Å². The maximum absolute atomic E-state index is 12.6. The van der Waals surface area contributed by atoms with Gasteiger partial charge in [0.15, 0.2) is 0 Å². The van der Waals surface area contributed by atoms with E-state index in [9.17, 15) is 4.79 Å². The molecule has 1 fully saturated rings. The van der Waals surface area contributed by atoms with E-state index < -0.39 is 0 Å². The van der Waals surface area contributed by atoms with Crippen LogP contribution >= 0.6 is 11.3 Å². The summed E-state index contributed by atoms with van der Waals surface area (Å²) in [6.07, 6.45) is 0. The van der Waals surface area contributed by atoms with Crippen molar-refractivity contribution >= 4 is 33.0 Å². The van der Waals surface area contributed by atoms with Crippen LogP contribution in [0.1, 0.15) is 9.67 Å². The molecular formula is C14H17N3O2S. The first-order valence-corrected chi connectivity index (χ1v) is 7.39. The summed E-state index contributed by atoms with van der Waals surface area (Å²) in [7, 11) is 1.61. The number of methoxy groups -OCH3 is 1. The van der Waals surface area contributed by atoms with E-state index in [1.807, 2.05) is 23.1 Å². The Balaban J connectivity index is 2.03. The van der Waals surface area contributed by atoms with Crippen molar-refractivity contribution in [3.8, 4) is 5.75 Å². The summed E-state index contributed by atoms with van der Waals surface area (Å²) in [4.78, 5) is 15.0. The third kappa shape index (κ3) is 2.10. The van der Waals surface area contributed by atoms with Crippen molar-refractivity contribution in [2.75, 3.05) is 39.0 Å². The average Bonchev–Trinajstić information content (AvgIpc) is 2.85. The van der Waals surface area contributed by atoms with Crippen molar-refractivity contribution in [1.82, 2.24) is 10.2 Å². The summed E-state index contributed by atoms with van der Waals surface area (Å²) in [6, 6.07) is 5.74. The Hall–Kier alpha value is -1.79. The maximum Gasteiger partial charge on any atom is 0.266 e. The lowest BCUT2D eigenvalue weighted by atomic mass is 10.2. The Bertz CT molecular complexity index is 647. The minimum atomic E-state index is 0.0206. The molecule has 0 spiro atoms. The van der Waals surface area contributed by atoms with Crippen LogP contribution in [-0.2, 0) is 0 Å². The number of carbonyl (C=O) groups is 1. The molecule has 0 radical (unpaired) electrons. The summed E-state index contributed by atoms with van der Waals surface area (Å²) in [5, 5.41) is 4.08. The monoisotopic (exact) mass is 291 g/mol. The number of nitrogens with zero attached hydrogens (tertiary/aromatic N) is 1.